The number of anilines is 1. The second-order valence-electron chi connectivity index (χ2n) is 5.68. The van der Waals surface area contributed by atoms with E-state index >= 15 is 0 Å². The van der Waals surface area contributed by atoms with Gasteiger partial charge in [-0.2, -0.15) is 0 Å². The van der Waals surface area contributed by atoms with Crippen LogP contribution in [0.4, 0.5) is 5.69 Å². The molecule has 3 rings (SSSR count). The number of carbonyl (C=O) groups is 1. The highest BCUT2D eigenvalue weighted by atomic mass is 16.5. The van der Waals surface area contributed by atoms with E-state index in [4.69, 9.17) is 4.74 Å². The number of ether oxygens (including phenoxy) is 1. The fourth-order valence-corrected chi connectivity index (χ4v) is 2.30. The monoisotopic (exact) mass is 329 g/mol. The minimum Gasteiger partial charge on any atom is -0.457 e. The van der Waals surface area contributed by atoms with E-state index in [-0.39, 0.29) is 5.91 Å². The lowest BCUT2D eigenvalue weighted by atomic mass is 10.2. The Hall–Kier alpha value is -3.33. The third-order valence-corrected chi connectivity index (χ3v) is 3.58. The van der Waals surface area contributed by atoms with E-state index < -0.39 is 0 Å². The summed E-state index contributed by atoms with van der Waals surface area (Å²) in [6.45, 7) is 2.01. The summed E-state index contributed by atoms with van der Waals surface area (Å²) in [5.41, 5.74) is 2.83. The van der Waals surface area contributed by atoms with Gasteiger partial charge in [-0.1, -0.05) is 48.0 Å². The molecule has 3 nitrogen and oxygen atoms in total. The summed E-state index contributed by atoms with van der Waals surface area (Å²) in [6, 6.07) is 24.9. The molecule has 0 spiro atoms. The van der Waals surface area contributed by atoms with Crippen molar-refractivity contribution in [2.45, 2.75) is 6.92 Å². The van der Waals surface area contributed by atoms with Gasteiger partial charge in [0.1, 0.15) is 11.5 Å². The number of nitrogens with one attached hydrogen (secondary N) is 1. The molecule has 0 aliphatic carbocycles. The number of carbonyl (C=O) groups excluding carboxylic acids is 1. The Morgan fingerprint density at radius 1 is 0.880 bits per heavy atom. The SMILES string of the molecule is Cc1ccc(NC(=O)/C=C/c2cccc(Oc3ccccc3)c2)cc1. The van der Waals surface area contributed by atoms with Crippen molar-refractivity contribution < 1.29 is 9.53 Å². The third-order valence-electron chi connectivity index (χ3n) is 3.58. The summed E-state index contributed by atoms with van der Waals surface area (Å²) in [7, 11) is 0. The van der Waals surface area contributed by atoms with Crippen LogP contribution in [0.15, 0.2) is 84.9 Å². The minimum absolute atomic E-state index is 0.168. The van der Waals surface area contributed by atoms with Crippen molar-refractivity contribution in [3.8, 4) is 11.5 Å². The molecule has 0 radical (unpaired) electrons. The van der Waals surface area contributed by atoms with Crippen LogP contribution >= 0.6 is 0 Å². The van der Waals surface area contributed by atoms with Gasteiger partial charge in [0.15, 0.2) is 0 Å². The van der Waals surface area contributed by atoms with Crippen LogP contribution in [0.1, 0.15) is 11.1 Å². The highest BCUT2D eigenvalue weighted by molar-refractivity contribution is 6.01. The van der Waals surface area contributed by atoms with E-state index in [0.717, 1.165) is 28.3 Å². The van der Waals surface area contributed by atoms with Crippen LogP contribution in [-0.2, 0) is 4.79 Å². The summed E-state index contributed by atoms with van der Waals surface area (Å²) in [6.07, 6.45) is 3.28. The van der Waals surface area contributed by atoms with Gasteiger partial charge in [0.05, 0.1) is 0 Å². The Bertz CT molecular complexity index is 868. The van der Waals surface area contributed by atoms with Crippen molar-refractivity contribution in [1.82, 2.24) is 0 Å². The lowest BCUT2D eigenvalue weighted by Gasteiger charge is -2.06. The number of rotatable bonds is 5. The minimum atomic E-state index is -0.168. The van der Waals surface area contributed by atoms with E-state index in [2.05, 4.69) is 5.32 Å². The largest absolute Gasteiger partial charge is 0.457 e. The van der Waals surface area contributed by atoms with Crippen LogP contribution in [0, 0.1) is 6.92 Å². The molecular weight excluding hydrogens is 310 g/mol. The van der Waals surface area contributed by atoms with Gasteiger partial charge in [-0.05, 0) is 55.0 Å². The molecule has 0 unspecified atom stereocenters. The Balaban J connectivity index is 1.63. The quantitative estimate of drug-likeness (QED) is 0.633. The molecule has 0 heterocycles. The smallest absolute Gasteiger partial charge is 0.248 e. The standard InChI is InChI=1S/C22H19NO2/c1-17-10-13-19(14-11-17)23-22(24)15-12-18-6-5-9-21(16-18)25-20-7-3-2-4-8-20/h2-16H,1H3,(H,23,24)/b15-12+. The zero-order valence-electron chi connectivity index (χ0n) is 14.0. The summed E-state index contributed by atoms with van der Waals surface area (Å²) < 4.78 is 5.80. The molecule has 3 heteroatoms. The van der Waals surface area contributed by atoms with Gasteiger partial charge in [-0.3, -0.25) is 4.79 Å². The second-order valence-corrected chi connectivity index (χ2v) is 5.68. The van der Waals surface area contributed by atoms with Gasteiger partial charge in [0.25, 0.3) is 0 Å². The van der Waals surface area contributed by atoms with E-state index in [0.29, 0.717) is 0 Å². The first kappa shape index (κ1) is 16.5. The van der Waals surface area contributed by atoms with Crippen molar-refractivity contribution in [2.24, 2.45) is 0 Å². The Kier molecular flexibility index (Phi) is 5.27. The predicted octanol–water partition coefficient (Wildman–Crippen LogP) is 5.44. The van der Waals surface area contributed by atoms with Crippen LogP contribution in [0.2, 0.25) is 0 Å². The zero-order chi connectivity index (χ0) is 17.5. The van der Waals surface area contributed by atoms with Crippen LogP contribution in [0.5, 0.6) is 11.5 Å². The fourth-order valence-electron chi connectivity index (χ4n) is 2.30. The zero-order valence-corrected chi connectivity index (χ0v) is 14.0. The lowest BCUT2D eigenvalue weighted by Crippen LogP contribution is -2.07. The molecule has 0 saturated carbocycles. The molecular formula is C22H19NO2. The second kappa shape index (κ2) is 7.97. The number of hydrogen-bond donors (Lipinski definition) is 1. The fraction of sp³-hybridized carbons (Fsp3) is 0.0455. The number of aryl methyl sites for hydroxylation is 1. The molecule has 1 amide bonds. The molecule has 124 valence electrons. The van der Waals surface area contributed by atoms with Crippen molar-refractivity contribution in [3.05, 3.63) is 96.1 Å². The first-order valence-electron chi connectivity index (χ1n) is 8.08. The highest BCUT2D eigenvalue weighted by Crippen LogP contribution is 2.22. The predicted molar refractivity (Wildman–Crippen MR) is 102 cm³/mol. The molecule has 0 bridgehead atoms. The molecule has 0 aliphatic rings. The maximum absolute atomic E-state index is 12.0. The molecule has 3 aromatic carbocycles. The molecule has 0 fully saturated rings. The number of amides is 1. The number of benzene rings is 3. The Morgan fingerprint density at radius 2 is 1.60 bits per heavy atom. The number of para-hydroxylation sites is 1. The van der Waals surface area contributed by atoms with Gasteiger partial charge in [-0.25, -0.2) is 0 Å². The van der Waals surface area contributed by atoms with Crippen LogP contribution in [0.25, 0.3) is 6.08 Å². The molecule has 1 N–H and O–H groups in total. The summed E-state index contributed by atoms with van der Waals surface area (Å²) >= 11 is 0. The van der Waals surface area contributed by atoms with Gasteiger partial charge >= 0.3 is 0 Å². The average Bonchev–Trinajstić information content (AvgIpc) is 2.63. The average molecular weight is 329 g/mol. The molecule has 25 heavy (non-hydrogen) atoms. The Labute approximate surface area is 147 Å². The third kappa shape index (κ3) is 5.08. The number of hydrogen-bond acceptors (Lipinski definition) is 2. The normalized spacial score (nSPS) is 10.6. The summed E-state index contributed by atoms with van der Waals surface area (Å²) in [5.74, 6) is 1.34. The lowest BCUT2D eigenvalue weighted by molar-refractivity contribution is -0.111. The van der Waals surface area contributed by atoms with Crippen LogP contribution in [-0.4, -0.2) is 5.91 Å². The summed E-state index contributed by atoms with van der Waals surface area (Å²) in [5, 5.41) is 2.84. The first-order chi connectivity index (χ1) is 12.2. The molecule has 3 aromatic rings. The highest BCUT2D eigenvalue weighted by Gasteiger charge is 1.99. The van der Waals surface area contributed by atoms with Crippen molar-refractivity contribution in [3.63, 3.8) is 0 Å². The maximum atomic E-state index is 12.0. The van der Waals surface area contributed by atoms with Gasteiger partial charge in [-0.15, -0.1) is 0 Å². The van der Waals surface area contributed by atoms with Gasteiger partial charge in [0, 0.05) is 11.8 Å². The topological polar surface area (TPSA) is 38.3 Å². The molecule has 0 aliphatic heterocycles. The summed E-state index contributed by atoms with van der Waals surface area (Å²) in [4.78, 5) is 12.0. The van der Waals surface area contributed by atoms with Gasteiger partial charge in [0.2, 0.25) is 5.91 Å². The van der Waals surface area contributed by atoms with Crippen LogP contribution < -0.4 is 10.1 Å². The van der Waals surface area contributed by atoms with E-state index in [1.54, 1.807) is 6.08 Å². The van der Waals surface area contributed by atoms with Crippen molar-refractivity contribution in [1.29, 1.82) is 0 Å². The van der Waals surface area contributed by atoms with Crippen molar-refractivity contribution in [2.75, 3.05) is 5.32 Å². The van der Waals surface area contributed by atoms with Gasteiger partial charge < -0.3 is 10.1 Å². The first-order valence-corrected chi connectivity index (χ1v) is 8.08. The molecule has 0 saturated heterocycles. The van der Waals surface area contributed by atoms with Crippen LogP contribution in [0.3, 0.4) is 0 Å². The van der Waals surface area contributed by atoms with Crippen molar-refractivity contribution >= 4 is 17.7 Å². The molecule has 0 aromatic heterocycles. The van der Waals surface area contributed by atoms with E-state index in [9.17, 15) is 4.79 Å². The Morgan fingerprint density at radius 3 is 2.36 bits per heavy atom. The van der Waals surface area contributed by atoms with E-state index in [1.165, 1.54) is 6.08 Å². The maximum Gasteiger partial charge on any atom is 0.248 e. The molecule has 0 atom stereocenters. The van der Waals surface area contributed by atoms with E-state index in [1.807, 2.05) is 85.8 Å².